The summed E-state index contributed by atoms with van der Waals surface area (Å²) in [5.74, 6) is -8.17. The highest BCUT2D eigenvalue weighted by Crippen LogP contribution is 2.24. The first-order chi connectivity index (χ1) is 6.69. The number of carboxylic acids is 1. The molecular formula is C7H9F4NO3. The van der Waals surface area contributed by atoms with Crippen LogP contribution in [0.25, 0.3) is 0 Å². The molecule has 0 bridgehead atoms. The number of carboxylic acid groups (broad SMARTS) is 1. The lowest BCUT2D eigenvalue weighted by Crippen LogP contribution is -2.46. The molecule has 8 heteroatoms. The van der Waals surface area contributed by atoms with E-state index in [4.69, 9.17) is 5.11 Å². The Balaban J connectivity index is 4.38. The van der Waals surface area contributed by atoms with Crippen LogP contribution in [0.5, 0.6) is 0 Å². The summed E-state index contributed by atoms with van der Waals surface area (Å²) in [5, 5.41) is 8.18. The lowest BCUT2D eigenvalue weighted by molar-refractivity contribution is -0.179. The van der Waals surface area contributed by atoms with Crippen LogP contribution in [0.4, 0.5) is 17.6 Å². The van der Waals surface area contributed by atoms with E-state index in [-0.39, 0.29) is 4.90 Å². The summed E-state index contributed by atoms with van der Waals surface area (Å²) >= 11 is 0. The van der Waals surface area contributed by atoms with Crippen LogP contribution in [0.3, 0.4) is 0 Å². The predicted octanol–water partition coefficient (Wildman–Crippen LogP) is 0.820. The lowest BCUT2D eigenvalue weighted by Gasteiger charge is -2.21. The molecular weight excluding hydrogens is 222 g/mol. The number of aliphatic carboxylic acids is 1. The van der Waals surface area contributed by atoms with E-state index >= 15 is 0 Å². The van der Waals surface area contributed by atoms with Crippen LogP contribution >= 0.6 is 0 Å². The number of carbonyl (C=O) groups excluding carboxylic acids is 1. The Morgan fingerprint density at radius 1 is 1.40 bits per heavy atom. The van der Waals surface area contributed by atoms with Crippen LogP contribution in [0.15, 0.2) is 0 Å². The standard InChI is InChI=1S/C7H9F4NO3/c1-12(3-2-4(13)14)6(15)7(10,11)5(8)9/h5H,2-3H2,1H3,(H,13,14). The maximum atomic E-state index is 12.4. The number of hydrogen-bond donors (Lipinski definition) is 1. The SMILES string of the molecule is CN(CCC(=O)O)C(=O)C(F)(F)C(F)F. The van der Waals surface area contributed by atoms with Crippen molar-refractivity contribution in [2.24, 2.45) is 0 Å². The van der Waals surface area contributed by atoms with E-state index in [2.05, 4.69) is 0 Å². The Morgan fingerprint density at radius 2 is 1.87 bits per heavy atom. The number of halogens is 4. The van der Waals surface area contributed by atoms with E-state index in [0.29, 0.717) is 0 Å². The quantitative estimate of drug-likeness (QED) is 0.712. The third-order valence-corrected chi connectivity index (χ3v) is 1.57. The second-order valence-corrected chi connectivity index (χ2v) is 2.79. The Morgan fingerprint density at radius 3 is 2.20 bits per heavy atom. The lowest BCUT2D eigenvalue weighted by atomic mass is 10.3. The largest absolute Gasteiger partial charge is 0.481 e. The fourth-order valence-corrected chi connectivity index (χ4v) is 0.713. The summed E-state index contributed by atoms with van der Waals surface area (Å²) in [6.45, 7) is -0.545. The highest BCUT2D eigenvalue weighted by Gasteiger charge is 2.50. The van der Waals surface area contributed by atoms with Gasteiger partial charge in [-0.15, -0.1) is 0 Å². The second kappa shape index (κ2) is 4.94. The molecule has 0 rings (SSSR count). The average Bonchev–Trinajstić information content (AvgIpc) is 2.12. The molecule has 88 valence electrons. The average molecular weight is 231 g/mol. The van der Waals surface area contributed by atoms with Crippen molar-refractivity contribution in [3.63, 3.8) is 0 Å². The topological polar surface area (TPSA) is 57.6 Å². The third-order valence-electron chi connectivity index (χ3n) is 1.57. The highest BCUT2D eigenvalue weighted by atomic mass is 19.3. The van der Waals surface area contributed by atoms with E-state index in [0.717, 1.165) is 7.05 Å². The van der Waals surface area contributed by atoms with Gasteiger partial charge in [0, 0.05) is 13.6 Å². The van der Waals surface area contributed by atoms with E-state index in [9.17, 15) is 27.2 Å². The molecule has 0 unspecified atom stereocenters. The monoisotopic (exact) mass is 231 g/mol. The van der Waals surface area contributed by atoms with Gasteiger partial charge in [-0.3, -0.25) is 9.59 Å². The van der Waals surface area contributed by atoms with Crippen molar-refractivity contribution in [1.29, 1.82) is 0 Å². The molecule has 0 aromatic heterocycles. The summed E-state index contributed by atoms with van der Waals surface area (Å²) in [6, 6.07) is 0. The molecule has 0 radical (unpaired) electrons. The van der Waals surface area contributed by atoms with Crippen molar-refractivity contribution in [3.8, 4) is 0 Å². The number of alkyl halides is 4. The molecule has 15 heavy (non-hydrogen) atoms. The van der Waals surface area contributed by atoms with Crippen molar-refractivity contribution in [2.45, 2.75) is 18.8 Å². The van der Waals surface area contributed by atoms with Gasteiger partial charge >= 0.3 is 18.3 Å². The Bertz CT molecular complexity index is 257. The van der Waals surface area contributed by atoms with Gasteiger partial charge in [0.2, 0.25) is 0 Å². The minimum absolute atomic E-state index is 0.264. The molecule has 0 aromatic carbocycles. The maximum absolute atomic E-state index is 12.4. The number of amides is 1. The van der Waals surface area contributed by atoms with E-state index < -0.39 is 37.2 Å². The summed E-state index contributed by atoms with van der Waals surface area (Å²) < 4.78 is 48.3. The summed E-state index contributed by atoms with van der Waals surface area (Å²) in [5.41, 5.74) is 0. The first kappa shape index (κ1) is 13.7. The van der Waals surface area contributed by atoms with Gasteiger partial charge in [-0.05, 0) is 0 Å². The fraction of sp³-hybridized carbons (Fsp3) is 0.714. The second-order valence-electron chi connectivity index (χ2n) is 2.79. The fourth-order valence-electron chi connectivity index (χ4n) is 0.713. The zero-order valence-electron chi connectivity index (χ0n) is 7.71. The van der Waals surface area contributed by atoms with Crippen molar-refractivity contribution >= 4 is 11.9 Å². The van der Waals surface area contributed by atoms with Gasteiger partial charge in [-0.2, -0.15) is 8.78 Å². The molecule has 4 nitrogen and oxygen atoms in total. The summed E-state index contributed by atoms with van der Waals surface area (Å²) in [4.78, 5) is 21.0. The molecule has 1 N–H and O–H groups in total. The molecule has 0 heterocycles. The smallest absolute Gasteiger partial charge is 0.383 e. The molecule has 0 aliphatic heterocycles. The van der Waals surface area contributed by atoms with Gasteiger partial charge in [0.05, 0.1) is 6.42 Å². The first-order valence-electron chi connectivity index (χ1n) is 3.83. The molecule has 0 spiro atoms. The zero-order chi connectivity index (χ0) is 12.2. The maximum Gasteiger partial charge on any atom is 0.383 e. The third kappa shape index (κ3) is 3.72. The molecule has 0 saturated carbocycles. The minimum Gasteiger partial charge on any atom is -0.481 e. The van der Waals surface area contributed by atoms with Gasteiger partial charge in [0.1, 0.15) is 0 Å². The Labute approximate surface area is 82.5 Å². The van der Waals surface area contributed by atoms with Gasteiger partial charge in [0.25, 0.3) is 5.91 Å². The normalized spacial score (nSPS) is 11.6. The van der Waals surface area contributed by atoms with Crippen molar-refractivity contribution in [2.75, 3.05) is 13.6 Å². The molecule has 0 fully saturated rings. The molecule has 0 aliphatic rings. The van der Waals surface area contributed by atoms with Crippen LogP contribution in [-0.2, 0) is 9.59 Å². The molecule has 0 aromatic rings. The number of carbonyl (C=O) groups is 2. The summed E-state index contributed by atoms with van der Waals surface area (Å²) in [6.07, 6.45) is -4.68. The van der Waals surface area contributed by atoms with Crippen LogP contribution in [0.1, 0.15) is 6.42 Å². The van der Waals surface area contributed by atoms with E-state index in [1.807, 2.05) is 0 Å². The van der Waals surface area contributed by atoms with Crippen molar-refractivity contribution in [3.05, 3.63) is 0 Å². The van der Waals surface area contributed by atoms with Crippen LogP contribution in [0, 0.1) is 0 Å². The van der Waals surface area contributed by atoms with Crippen LogP contribution in [0.2, 0.25) is 0 Å². The van der Waals surface area contributed by atoms with Crippen LogP contribution < -0.4 is 0 Å². The van der Waals surface area contributed by atoms with Gasteiger partial charge in [-0.25, -0.2) is 8.78 Å². The predicted molar refractivity (Wildman–Crippen MR) is 40.8 cm³/mol. The number of nitrogens with zero attached hydrogens (tertiary/aromatic N) is 1. The van der Waals surface area contributed by atoms with Crippen molar-refractivity contribution < 1.29 is 32.3 Å². The summed E-state index contributed by atoms with van der Waals surface area (Å²) in [7, 11) is 0.835. The molecule has 0 saturated heterocycles. The van der Waals surface area contributed by atoms with Crippen molar-refractivity contribution in [1.82, 2.24) is 4.90 Å². The molecule has 0 aliphatic carbocycles. The number of hydrogen-bond acceptors (Lipinski definition) is 2. The van der Waals surface area contributed by atoms with Crippen LogP contribution in [-0.4, -0.2) is 47.8 Å². The Hall–Kier alpha value is -1.34. The Kier molecular flexibility index (Phi) is 4.50. The van der Waals surface area contributed by atoms with Gasteiger partial charge in [0.15, 0.2) is 0 Å². The number of rotatable bonds is 5. The zero-order valence-corrected chi connectivity index (χ0v) is 7.71. The van der Waals surface area contributed by atoms with Gasteiger partial charge in [-0.1, -0.05) is 0 Å². The van der Waals surface area contributed by atoms with E-state index in [1.54, 1.807) is 0 Å². The molecule has 0 atom stereocenters. The van der Waals surface area contributed by atoms with Gasteiger partial charge < -0.3 is 10.0 Å². The molecule has 1 amide bonds. The highest BCUT2D eigenvalue weighted by molar-refractivity contribution is 5.84. The minimum atomic E-state index is -4.77. The van der Waals surface area contributed by atoms with E-state index in [1.165, 1.54) is 0 Å². The first-order valence-corrected chi connectivity index (χ1v) is 3.83.